The van der Waals surface area contributed by atoms with Gasteiger partial charge in [-0.05, 0) is 37.1 Å². The molecule has 0 fully saturated rings. The van der Waals surface area contributed by atoms with Gasteiger partial charge < -0.3 is 9.47 Å². The van der Waals surface area contributed by atoms with Crippen molar-refractivity contribution >= 4 is 17.7 Å². The Labute approximate surface area is 130 Å². The molecule has 5 heteroatoms. The first-order chi connectivity index (χ1) is 10.5. The summed E-state index contributed by atoms with van der Waals surface area (Å²) in [5, 5.41) is 0. The Hall–Kier alpha value is -2.30. The average molecular weight is 303 g/mol. The molecule has 0 aliphatic carbocycles. The molecule has 2 rings (SSSR count). The van der Waals surface area contributed by atoms with Crippen LogP contribution in [0.5, 0.6) is 0 Å². The lowest BCUT2D eigenvalue weighted by Crippen LogP contribution is -2.35. The summed E-state index contributed by atoms with van der Waals surface area (Å²) in [6, 6.07) is 5.26. The highest BCUT2D eigenvalue weighted by molar-refractivity contribution is 5.95. The van der Waals surface area contributed by atoms with Crippen molar-refractivity contribution < 1.29 is 19.1 Å². The molecule has 0 spiro atoms. The van der Waals surface area contributed by atoms with Crippen LogP contribution in [-0.4, -0.2) is 32.8 Å². The topological polar surface area (TPSA) is 55.8 Å². The van der Waals surface area contributed by atoms with E-state index in [0.717, 1.165) is 17.7 Å². The maximum absolute atomic E-state index is 12.0. The second kappa shape index (κ2) is 6.22. The van der Waals surface area contributed by atoms with Gasteiger partial charge in [-0.15, -0.1) is 0 Å². The van der Waals surface area contributed by atoms with Gasteiger partial charge in [0.15, 0.2) is 0 Å². The van der Waals surface area contributed by atoms with E-state index in [1.165, 1.54) is 14.2 Å². The number of nitrogens with zero attached hydrogens (tertiary/aromatic N) is 1. The Morgan fingerprint density at radius 1 is 1.32 bits per heavy atom. The Morgan fingerprint density at radius 2 is 2.05 bits per heavy atom. The highest BCUT2D eigenvalue weighted by atomic mass is 16.5. The number of hydrogen-bond donors (Lipinski definition) is 0. The van der Waals surface area contributed by atoms with E-state index in [4.69, 9.17) is 9.47 Å². The van der Waals surface area contributed by atoms with Crippen LogP contribution < -0.4 is 4.90 Å². The van der Waals surface area contributed by atoms with E-state index in [0.29, 0.717) is 12.1 Å². The molecule has 1 atom stereocenters. The van der Waals surface area contributed by atoms with Crippen LogP contribution in [0.15, 0.2) is 30.4 Å². The third-order valence-electron chi connectivity index (χ3n) is 4.06. The van der Waals surface area contributed by atoms with Crippen LogP contribution in [0.4, 0.5) is 10.5 Å². The second-order valence-corrected chi connectivity index (χ2v) is 5.61. The van der Waals surface area contributed by atoms with Crippen LogP contribution in [0.25, 0.3) is 0 Å². The Morgan fingerprint density at radius 3 is 2.64 bits per heavy atom. The van der Waals surface area contributed by atoms with E-state index in [9.17, 15) is 9.59 Å². The minimum Gasteiger partial charge on any atom is -0.465 e. The predicted molar refractivity (Wildman–Crippen MR) is 84.3 cm³/mol. The van der Waals surface area contributed by atoms with Crippen molar-refractivity contribution in [2.75, 3.05) is 25.7 Å². The summed E-state index contributed by atoms with van der Waals surface area (Å²) < 4.78 is 9.65. The van der Waals surface area contributed by atoms with Gasteiger partial charge in [-0.1, -0.05) is 19.1 Å². The molecule has 1 aromatic carbocycles. The van der Waals surface area contributed by atoms with Crippen molar-refractivity contribution in [3.05, 3.63) is 41.5 Å². The van der Waals surface area contributed by atoms with Gasteiger partial charge >= 0.3 is 12.1 Å². The van der Waals surface area contributed by atoms with Gasteiger partial charge in [0.05, 0.1) is 25.5 Å². The summed E-state index contributed by atoms with van der Waals surface area (Å²) >= 11 is 0. The first-order valence-electron chi connectivity index (χ1n) is 7.16. The van der Waals surface area contributed by atoms with Gasteiger partial charge in [-0.3, -0.25) is 4.90 Å². The zero-order valence-electron chi connectivity index (χ0n) is 13.4. The van der Waals surface area contributed by atoms with Crippen molar-refractivity contribution in [1.82, 2.24) is 0 Å². The molecule has 1 unspecified atom stereocenters. The van der Waals surface area contributed by atoms with Gasteiger partial charge in [0.1, 0.15) is 0 Å². The summed E-state index contributed by atoms with van der Waals surface area (Å²) in [6.07, 6.45) is 4.43. The lowest BCUT2D eigenvalue weighted by atomic mass is 9.80. The summed E-state index contributed by atoms with van der Waals surface area (Å²) in [6.45, 7) is 4.56. The molecule has 0 saturated heterocycles. The van der Waals surface area contributed by atoms with Crippen molar-refractivity contribution in [2.45, 2.75) is 25.7 Å². The van der Waals surface area contributed by atoms with Gasteiger partial charge in [-0.25, -0.2) is 9.59 Å². The van der Waals surface area contributed by atoms with E-state index < -0.39 is 6.09 Å². The first kappa shape index (κ1) is 16.1. The maximum Gasteiger partial charge on any atom is 0.414 e. The average Bonchev–Trinajstić information content (AvgIpc) is 2.84. The number of amides is 1. The molecule has 1 heterocycles. The molecule has 22 heavy (non-hydrogen) atoms. The molecular weight excluding hydrogens is 282 g/mol. The van der Waals surface area contributed by atoms with E-state index in [2.05, 4.69) is 13.0 Å². The zero-order valence-corrected chi connectivity index (χ0v) is 13.4. The number of methoxy groups -OCH3 is 2. The molecule has 0 aromatic heterocycles. The number of allylic oxidation sites excluding steroid dienone is 2. The molecule has 1 amide bonds. The number of esters is 1. The molecule has 1 aromatic rings. The van der Waals surface area contributed by atoms with Gasteiger partial charge in [0.2, 0.25) is 0 Å². The standard InChI is InChI=1S/C17H21NO4/c1-5-6-9-17(2)11-18(16(20)22-4)14-8-7-12(10-13(14)17)15(19)21-3/h5-8,10H,9,11H2,1-4H3/b6-5+. The van der Waals surface area contributed by atoms with E-state index >= 15 is 0 Å². The number of ether oxygens (including phenoxy) is 2. The fourth-order valence-corrected chi connectivity index (χ4v) is 2.84. The molecule has 0 bridgehead atoms. The summed E-state index contributed by atoms with van der Waals surface area (Å²) in [4.78, 5) is 25.4. The molecule has 1 aliphatic rings. The maximum atomic E-state index is 12.0. The van der Waals surface area contributed by atoms with Crippen LogP contribution in [0.2, 0.25) is 0 Å². The number of anilines is 1. The van der Waals surface area contributed by atoms with Crippen LogP contribution in [0.1, 0.15) is 36.2 Å². The van der Waals surface area contributed by atoms with Gasteiger partial charge in [0, 0.05) is 12.0 Å². The van der Waals surface area contributed by atoms with Crippen LogP contribution in [0.3, 0.4) is 0 Å². The van der Waals surface area contributed by atoms with Crippen LogP contribution >= 0.6 is 0 Å². The Kier molecular flexibility index (Phi) is 4.54. The Bertz CT molecular complexity index is 623. The normalized spacial score (nSPS) is 20.1. The zero-order chi connectivity index (χ0) is 16.3. The monoisotopic (exact) mass is 303 g/mol. The first-order valence-corrected chi connectivity index (χ1v) is 7.16. The summed E-state index contributed by atoms with van der Waals surface area (Å²) in [5.74, 6) is -0.382. The fraction of sp³-hybridized carbons (Fsp3) is 0.412. The third kappa shape index (κ3) is 2.71. The lowest BCUT2D eigenvalue weighted by molar-refractivity contribution is 0.0600. The second-order valence-electron chi connectivity index (χ2n) is 5.61. The predicted octanol–water partition coefficient (Wildman–Crippen LogP) is 3.28. The number of carbonyl (C=O) groups excluding carboxylic acids is 2. The summed E-state index contributed by atoms with van der Waals surface area (Å²) in [7, 11) is 2.72. The number of benzene rings is 1. The minimum atomic E-state index is -0.392. The molecule has 0 N–H and O–H groups in total. The number of carbonyl (C=O) groups is 2. The number of hydrogen-bond acceptors (Lipinski definition) is 4. The fourth-order valence-electron chi connectivity index (χ4n) is 2.84. The van der Waals surface area contributed by atoms with Crippen molar-refractivity contribution in [3.8, 4) is 0 Å². The van der Waals surface area contributed by atoms with E-state index in [-0.39, 0.29) is 11.4 Å². The van der Waals surface area contributed by atoms with Crippen LogP contribution in [0, 0.1) is 0 Å². The molecule has 0 radical (unpaired) electrons. The van der Waals surface area contributed by atoms with Crippen LogP contribution in [-0.2, 0) is 14.9 Å². The third-order valence-corrected chi connectivity index (χ3v) is 4.06. The molecule has 0 saturated carbocycles. The SMILES string of the molecule is C/C=C/CC1(C)CN(C(=O)OC)c2ccc(C(=O)OC)cc21. The quantitative estimate of drug-likeness (QED) is 0.635. The minimum absolute atomic E-state index is 0.264. The van der Waals surface area contributed by atoms with E-state index in [1.807, 2.05) is 19.1 Å². The summed E-state index contributed by atoms with van der Waals surface area (Å²) in [5.41, 5.74) is 1.96. The number of fused-ring (bicyclic) bond motifs is 1. The largest absolute Gasteiger partial charge is 0.465 e. The smallest absolute Gasteiger partial charge is 0.414 e. The van der Waals surface area contributed by atoms with Crippen molar-refractivity contribution in [2.24, 2.45) is 0 Å². The highest BCUT2D eigenvalue weighted by Gasteiger charge is 2.41. The highest BCUT2D eigenvalue weighted by Crippen LogP contribution is 2.43. The van der Waals surface area contributed by atoms with Gasteiger partial charge in [0.25, 0.3) is 0 Å². The van der Waals surface area contributed by atoms with E-state index in [1.54, 1.807) is 17.0 Å². The molecule has 1 aliphatic heterocycles. The lowest BCUT2D eigenvalue weighted by Gasteiger charge is -2.24. The van der Waals surface area contributed by atoms with Crippen molar-refractivity contribution in [3.63, 3.8) is 0 Å². The Balaban J connectivity index is 2.52. The van der Waals surface area contributed by atoms with Gasteiger partial charge in [-0.2, -0.15) is 0 Å². The van der Waals surface area contributed by atoms with Crippen molar-refractivity contribution in [1.29, 1.82) is 0 Å². The molecular formula is C17H21NO4. The molecule has 118 valence electrons. The molecule has 5 nitrogen and oxygen atoms in total. The number of rotatable bonds is 3.